The number of nitrogens with one attached hydrogen (secondary N) is 3. The van der Waals surface area contributed by atoms with Crippen molar-refractivity contribution in [3.05, 3.63) is 0 Å². The lowest BCUT2D eigenvalue weighted by atomic mass is 9.98. The van der Waals surface area contributed by atoms with Gasteiger partial charge in [-0.15, -0.1) is 0 Å². The zero-order valence-electron chi connectivity index (χ0n) is 15.8. The van der Waals surface area contributed by atoms with E-state index in [1.54, 1.807) is 7.05 Å². The van der Waals surface area contributed by atoms with Gasteiger partial charge in [-0.1, -0.05) is 32.1 Å². The molecule has 0 bridgehead atoms. The lowest BCUT2D eigenvalue weighted by molar-refractivity contribution is -0.121. The molecule has 2 aliphatic rings. The van der Waals surface area contributed by atoms with Crippen molar-refractivity contribution < 1.29 is 9.53 Å². The quantitative estimate of drug-likeness (QED) is 0.338. The highest BCUT2D eigenvalue weighted by Gasteiger charge is 2.16. The fraction of sp³-hybridized carbons (Fsp3) is 0.895. The second-order valence-electron chi connectivity index (χ2n) is 7.21. The van der Waals surface area contributed by atoms with Crippen LogP contribution in [0.3, 0.4) is 0 Å². The van der Waals surface area contributed by atoms with E-state index in [0.717, 1.165) is 38.4 Å². The van der Waals surface area contributed by atoms with Crippen LogP contribution in [0.5, 0.6) is 0 Å². The summed E-state index contributed by atoms with van der Waals surface area (Å²) in [5, 5.41) is 9.59. The Morgan fingerprint density at radius 1 is 1.00 bits per heavy atom. The van der Waals surface area contributed by atoms with Gasteiger partial charge in [-0.05, 0) is 32.1 Å². The maximum atomic E-state index is 11.9. The molecule has 0 atom stereocenters. The van der Waals surface area contributed by atoms with Gasteiger partial charge in [0.2, 0.25) is 5.91 Å². The van der Waals surface area contributed by atoms with Crippen molar-refractivity contribution in [2.45, 2.75) is 82.8 Å². The summed E-state index contributed by atoms with van der Waals surface area (Å²) < 4.78 is 5.92. The Bertz CT molecular complexity index is 402. The van der Waals surface area contributed by atoms with Crippen LogP contribution in [0.2, 0.25) is 0 Å². The number of guanidine groups is 1. The average molecular weight is 353 g/mol. The van der Waals surface area contributed by atoms with Crippen molar-refractivity contribution in [3.8, 4) is 0 Å². The largest absolute Gasteiger partial charge is 0.378 e. The van der Waals surface area contributed by atoms with E-state index < -0.39 is 0 Å². The summed E-state index contributed by atoms with van der Waals surface area (Å²) in [4.78, 5) is 16.1. The highest BCUT2D eigenvalue weighted by molar-refractivity contribution is 5.81. The van der Waals surface area contributed by atoms with Crippen LogP contribution in [0.4, 0.5) is 0 Å². The summed E-state index contributed by atoms with van der Waals surface area (Å²) in [6.45, 7) is 2.25. The molecule has 2 rings (SSSR count). The number of hydrogen-bond acceptors (Lipinski definition) is 3. The van der Waals surface area contributed by atoms with E-state index in [-0.39, 0.29) is 5.91 Å². The fourth-order valence-electron chi connectivity index (χ4n) is 3.65. The third kappa shape index (κ3) is 8.56. The molecule has 2 fully saturated rings. The molecule has 2 saturated carbocycles. The van der Waals surface area contributed by atoms with E-state index in [9.17, 15) is 4.79 Å². The third-order valence-electron chi connectivity index (χ3n) is 5.11. The molecule has 6 heteroatoms. The van der Waals surface area contributed by atoms with E-state index in [1.807, 2.05) is 0 Å². The number of carbonyl (C=O) groups excluding carboxylic acids is 1. The van der Waals surface area contributed by atoms with E-state index in [0.29, 0.717) is 25.1 Å². The number of nitrogens with zero attached hydrogens (tertiary/aromatic N) is 1. The van der Waals surface area contributed by atoms with Crippen molar-refractivity contribution in [1.29, 1.82) is 0 Å². The molecule has 0 aliphatic heterocycles. The Morgan fingerprint density at radius 2 is 1.68 bits per heavy atom. The molecule has 25 heavy (non-hydrogen) atoms. The van der Waals surface area contributed by atoms with Crippen molar-refractivity contribution in [2.24, 2.45) is 4.99 Å². The standard InChI is InChI=1S/C19H36N4O2/c1-20-19(21-13-7-15-25-17-10-3-2-4-11-17)22-14-12-18(24)23-16-8-5-6-9-16/h16-17H,2-15H2,1H3,(H,23,24)(H2,20,21,22). The van der Waals surface area contributed by atoms with Crippen LogP contribution in [0.15, 0.2) is 4.99 Å². The molecule has 3 N–H and O–H groups in total. The fourth-order valence-corrected chi connectivity index (χ4v) is 3.65. The van der Waals surface area contributed by atoms with E-state index >= 15 is 0 Å². The second kappa shape index (κ2) is 12.1. The third-order valence-corrected chi connectivity index (χ3v) is 5.11. The van der Waals surface area contributed by atoms with Gasteiger partial charge in [0.1, 0.15) is 0 Å². The first kappa shape index (κ1) is 20.0. The lowest BCUT2D eigenvalue weighted by Crippen LogP contribution is -2.41. The summed E-state index contributed by atoms with van der Waals surface area (Å²) >= 11 is 0. The van der Waals surface area contributed by atoms with Crippen LogP contribution in [0.25, 0.3) is 0 Å². The summed E-state index contributed by atoms with van der Waals surface area (Å²) in [5.41, 5.74) is 0. The molecule has 0 unspecified atom stereocenters. The molecule has 0 saturated heterocycles. The van der Waals surface area contributed by atoms with Crippen LogP contribution in [0, 0.1) is 0 Å². The normalized spacial score (nSPS) is 19.8. The molecular formula is C19H36N4O2. The van der Waals surface area contributed by atoms with Gasteiger partial charge in [0.25, 0.3) is 0 Å². The summed E-state index contributed by atoms with van der Waals surface area (Å²) in [7, 11) is 1.76. The molecule has 1 amide bonds. The first-order valence-electron chi connectivity index (χ1n) is 10.1. The van der Waals surface area contributed by atoms with Gasteiger partial charge >= 0.3 is 0 Å². The second-order valence-corrected chi connectivity index (χ2v) is 7.21. The van der Waals surface area contributed by atoms with Gasteiger partial charge in [-0.3, -0.25) is 9.79 Å². The number of amides is 1. The topological polar surface area (TPSA) is 74.8 Å². The maximum Gasteiger partial charge on any atom is 0.221 e. The van der Waals surface area contributed by atoms with Gasteiger partial charge < -0.3 is 20.7 Å². The van der Waals surface area contributed by atoms with Crippen LogP contribution < -0.4 is 16.0 Å². The van der Waals surface area contributed by atoms with Crippen LogP contribution in [-0.2, 0) is 9.53 Å². The maximum absolute atomic E-state index is 11.9. The number of carbonyl (C=O) groups is 1. The minimum absolute atomic E-state index is 0.135. The number of hydrogen-bond donors (Lipinski definition) is 3. The average Bonchev–Trinajstić information content (AvgIpc) is 3.13. The Balaban J connectivity index is 1.46. The summed E-state index contributed by atoms with van der Waals surface area (Å²) in [6.07, 6.45) is 13.1. The predicted octanol–water partition coefficient (Wildman–Crippen LogP) is 2.34. The molecule has 2 aliphatic carbocycles. The minimum atomic E-state index is 0.135. The van der Waals surface area contributed by atoms with Crippen molar-refractivity contribution in [1.82, 2.24) is 16.0 Å². The first-order valence-corrected chi connectivity index (χ1v) is 10.1. The van der Waals surface area contributed by atoms with Crippen LogP contribution in [-0.4, -0.2) is 50.8 Å². The molecular weight excluding hydrogens is 316 g/mol. The smallest absolute Gasteiger partial charge is 0.221 e. The Labute approximate surface area is 152 Å². The monoisotopic (exact) mass is 352 g/mol. The van der Waals surface area contributed by atoms with Gasteiger partial charge in [0, 0.05) is 39.2 Å². The Kier molecular flexibility index (Phi) is 9.70. The van der Waals surface area contributed by atoms with Crippen molar-refractivity contribution in [3.63, 3.8) is 0 Å². The van der Waals surface area contributed by atoms with E-state index in [4.69, 9.17) is 4.74 Å². The number of rotatable bonds is 9. The van der Waals surface area contributed by atoms with Crippen molar-refractivity contribution in [2.75, 3.05) is 26.7 Å². The zero-order valence-corrected chi connectivity index (χ0v) is 15.8. The molecule has 0 aromatic heterocycles. The van der Waals surface area contributed by atoms with Gasteiger partial charge in [0.15, 0.2) is 5.96 Å². The SMILES string of the molecule is CN=C(NCCCOC1CCCCC1)NCCC(=O)NC1CCCC1. The van der Waals surface area contributed by atoms with Gasteiger partial charge in [0.05, 0.1) is 6.10 Å². The zero-order chi connectivity index (χ0) is 17.7. The number of ether oxygens (including phenoxy) is 1. The van der Waals surface area contributed by atoms with Crippen LogP contribution >= 0.6 is 0 Å². The first-order chi connectivity index (χ1) is 12.3. The molecule has 0 aromatic carbocycles. The highest BCUT2D eigenvalue weighted by Crippen LogP contribution is 2.20. The molecule has 0 radical (unpaired) electrons. The van der Waals surface area contributed by atoms with Gasteiger partial charge in [-0.25, -0.2) is 0 Å². The summed E-state index contributed by atoms with van der Waals surface area (Å²) in [6, 6.07) is 0.397. The molecule has 144 valence electrons. The Morgan fingerprint density at radius 3 is 2.40 bits per heavy atom. The molecule has 0 heterocycles. The van der Waals surface area contributed by atoms with Gasteiger partial charge in [-0.2, -0.15) is 0 Å². The highest BCUT2D eigenvalue weighted by atomic mass is 16.5. The summed E-state index contributed by atoms with van der Waals surface area (Å²) in [5.74, 6) is 0.891. The minimum Gasteiger partial charge on any atom is -0.378 e. The molecule has 0 aromatic rings. The van der Waals surface area contributed by atoms with E-state index in [2.05, 4.69) is 20.9 Å². The number of aliphatic imine (C=N–C) groups is 1. The molecule has 6 nitrogen and oxygen atoms in total. The van der Waals surface area contributed by atoms with Crippen LogP contribution in [0.1, 0.15) is 70.6 Å². The lowest BCUT2D eigenvalue weighted by Gasteiger charge is -2.22. The van der Waals surface area contributed by atoms with E-state index in [1.165, 1.54) is 44.9 Å². The molecule has 0 spiro atoms. The predicted molar refractivity (Wildman–Crippen MR) is 102 cm³/mol. The van der Waals surface area contributed by atoms with Crippen molar-refractivity contribution >= 4 is 11.9 Å². The Hall–Kier alpha value is -1.30.